The first kappa shape index (κ1) is 20.3. The van der Waals surface area contributed by atoms with Crippen molar-refractivity contribution in [2.75, 3.05) is 31.6 Å². The summed E-state index contributed by atoms with van der Waals surface area (Å²) in [4.78, 5) is 19.1. The molecule has 30 heavy (non-hydrogen) atoms. The van der Waals surface area contributed by atoms with Gasteiger partial charge in [-0.3, -0.25) is 4.90 Å². The first-order valence-corrected chi connectivity index (χ1v) is 10.3. The largest absolute Gasteiger partial charge is 0.374 e. The summed E-state index contributed by atoms with van der Waals surface area (Å²) >= 11 is 0. The van der Waals surface area contributed by atoms with E-state index in [4.69, 9.17) is 4.74 Å². The van der Waals surface area contributed by atoms with Crippen molar-refractivity contribution in [3.63, 3.8) is 0 Å². The topological polar surface area (TPSA) is 84.3 Å². The summed E-state index contributed by atoms with van der Waals surface area (Å²) in [5, 5.41) is 11.0. The Morgan fingerprint density at radius 1 is 1.27 bits per heavy atom. The minimum atomic E-state index is -0.267. The number of ether oxygens (including phenoxy) is 1. The molecule has 2 amide bonds. The Morgan fingerprint density at radius 3 is 2.90 bits per heavy atom. The van der Waals surface area contributed by atoms with Gasteiger partial charge in [-0.25, -0.2) is 14.5 Å². The van der Waals surface area contributed by atoms with Gasteiger partial charge >= 0.3 is 6.03 Å². The van der Waals surface area contributed by atoms with Crippen molar-refractivity contribution in [1.82, 2.24) is 25.0 Å². The Labute approximate surface area is 176 Å². The third kappa shape index (κ3) is 4.95. The zero-order valence-electron chi connectivity index (χ0n) is 17.4. The number of fused-ring (bicyclic) bond motifs is 1. The van der Waals surface area contributed by atoms with Crippen molar-refractivity contribution in [2.45, 2.75) is 32.5 Å². The molecule has 2 N–H and O–H groups in total. The third-order valence-corrected chi connectivity index (χ3v) is 5.14. The van der Waals surface area contributed by atoms with Crippen molar-refractivity contribution in [3.8, 4) is 0 Å². The smallest absolute Gasteiger partial charge is 0.319 e. The molecule has 0 radical (unpaired) electrons. The van der Waals surface area contributed by atoms with Gasteiger partial charge in [0, 0.05) is 37.6 Å². The van der Waals surface area contributed by atoms with E-state index in [-0.39, 0.29) is 18.2 Å². The summed E-state index contributed by atoms with van der Waals surface area (Å²) in [6.07, 6.45) is 3.39. The molecule has 158 valence electrons. The molecule has 1 unspecified atom stereocenters. The SMILES string of the molecule is CC(C)n1ncc2cc(NC(=O)NCC3CN(Cc4ccccc4)CCO3)cnc21. The number of carbonyl (C=O) groups excluding carboxylic acids is 1. The van der Waals surface area contributed by atoms with E-state index in [0.717, 1.165) is 30.7 Å². The lowest BCUT2D eigenvalue weighted by molar-refractivity contribution is -0.0285. The second kappa shape index (κ2) is 9.23. The van der Waals surface area contributed by atoms with Crippen LogP contribution in [0.3, 0.4) is 0 Å². The number of urea groups is 1. The summed E-state index contributed by atoms with van der Waals surface area (Å²) in [6, 6.07) is 12.2. The van der Waals surface area contributed by atoms with Crippen LogP contribution in [0.4, 0.5) is 10.5 Å². The summed E-state index contributed by atoms with van der Waals surface area (Å²) < 4.78 is 7.68. The van der Waals surface area contributed by atoms with Gasteiger partial charge in [-0.05, 0) is 25.5 Å². The van der Waals surface area contributed by atoms with Gasteiger partial charge in [0.15, 0.2) is 5.65 Å². The Kier molecular flexibility index (Phi) is 6.25. The minimum absolute atomic E-state index is 0.0295. The lowest BCUT2D eigenvalue weighted by atomic mass is 10.2. The molecule has 4 rings (SSSR count). The molecule has 2 aromatic heterocycles. The van der Waals surface area contributed by atoms with E-state index < -0.39 is 0 Å². The molecule has 1 saturated heterocycles. The molecule has 3 aromatic rings. The number of carbonyl (C=O) groups is 1. The van der Waals surface area contributed by atoms with Crippen LogP contribution < -0.4 is 10.6 Å². The molecule has 1 aliphatic rings. The van der Waals surface area contributed by atoms with E-state index >= 15 is 0 Å². The molecule has 8 nitrogen and oxygen atoms in total. The quantitative estimate of drug-likeness (QED) is 0.655. The number of morpholine rings is 1. The van der Waals surface area contributed by atoms with Crippen LogP contribution in [0.25, 0.3) is 11.0 Å². The molecule has 1 aliphatic heterocycles. The van der Waals surface area contributed by atoms with E-state index in [0.29, 0.717) is 18.8 Å². The fourth-order valence-corrected chi connectivity index (χ4v) is 3.66. The first-order valence-electron chi connectivity index (χ1n) is 10.3. The number of pyridine rings is 1. The van der Waals surface area contributed by atoms with Crippen LogP contribution in [-0.4, -0.2) is 58.0 Å². The highest BCUT2D eigenvalue weighted by Gasteiger charge is 2.21. The molecular formula is C22H28N6O2. The number of anilines is 1. The summed E-state index contributed by atoms with van der Waals surface area (Å²) in [7, 11) is 0. The van der Waals surface area contributed by atoms with E-state index in [2.05, 4.69) is 63.7 Å². The van der Waals surface area contributed by atoms with Gasteiger partial charge in [0.1, 0.15) is 0 Å². The first-order chi connectivity index (χ1) is 14.6. The molecular weight excluding hydrogens is 380 g/mol. The highest BCUT2D eigenvalue weighted by molar-refractivity contribution is 5.91. The number of hydrogen-bond donors (Lipinski definition) is 2. The molecule has 1 aromatic carbocycles. The fourth-order valence-electron chi connectivity index (χ4n) is 3.66. The zero-order valence-corrected chi connectivity index (χ0v) is 17.4. The second-order valence-corrected chi connectivity index (χ2v) is 7.87. The van der Waals surface area contributed by atoms with E-state index in [1.54, 1.807) is 12.4 Å². The van der Waals surface area contributed by atoms with Gasteiger partial charge in [0.05, 0.1) is 30.8 Å². The van der Waals surface area contributed by atoms with Crippen molar-refractivity contribution in [2.24, 2.45) is 0 Å². The molecule has 0 bridgehead atoms. The Bertz CT molecular complexity index is 988. The monoisotopic (exact) mass is 408 g/mol. The van der Waals surface area contributed by atoms with Gasteiger partial charge in [-0.15, -0.1) is 0 Å². The van der Waals surface area contributed by atoms with Crippen LogP contribution in [0.1, 0.15) is 25.5 Å². The van der Waals surface area contributed by atoms with Crippen molar-refractivity contribution < 1.29 is 9.53 Å². The molecule has 3 heterocycles. The average Bonchev–Trinajstić information content (AvgIpc) is 3.17. The predicted octanol–water partition coefficient (Wildman–Crippen LogP) is 3.03. The van der Waals surface area contributed by atoms with Crippen molar-refractivity contribution >= 4 is 22.8 Å². The number of amides is 2. The fraction of sp³-hybridized carbons (Fsp3) is 0.409. The number of benzene rings is 1. The molecule has 1 fully saturated rings. The highest BCUT2D eigenvalue weighted by Crippen LogP contribution is 2.19. The zero-order chi connectivity index (χ0) is 20.9. The van der Waals surface area contributed by atoms with Crippen LogP contribution in [0.5, 0.6) is 0 Å². The van der Waals surface area contributed by atoms with Gasteiger partial charge in [0.25, 0.3) is 0 Å². The van der Waals surface area contributed by atoms with Crippen LogP contribution >= 0.6 is 0 Å². The lowest BCUT2D eigenvalue weighted by Crippen LogP contribution is -2.47. The normalized spacial score (nSPS) is 17.4. The lowest BCUT2D eigenvalue weighted by Gasteiger charge is -2.33. The van der Waals surface area contributed by atoms with Gasteiger partial charge in [0.2, 0.25) is 0 Å². The Hall–Kier alpha value is -2.97. The van der Waals surface area contributed by atoms with Gasteiger partial charge in [-0.1, -0.05) is 30.3 Å². The molecule has 1 atom stereocenters. The standard InChI is InChI=1S/C22H28N6O2/c1-16(2)28-21-18(11-25-28)10-19(12-23-21)26-22(29)24-13-20-15-27(8-9-30-20)14-17-6-4-3-5-7-17/h3-7,10-12,16,20H,8-9,13-15H2,1-2H3,(H2,24,26,29). The second-order valence-electron chi connectivity index (χ2n) is 7.87. The van der Waals surface area contributed by atoms with Crippen molar-refractivity contribution in [3.05, 3.63) is 54.4 Å². The van der Waals surface area contributed by atoms with Gasteiger partial charge < -0.3 is 15.4 Å². The number of nitrogens with one attached hydrogen (secondary N) is 2. The average molecular weight is 409 g/mol. The molecule has 0 aliphatic carbocycles. The predicted molar refractivity (Wildman–Crippen MR) is 116 cm³/mol. The maximum absolute atomic E-state index is 12.3. The van der Waals surface area contributed by atoms with Gasteiger partial charge in [-0.2, -0.15) is 5.10 Å². The van der Waals surface area contributed by atoms with E-state index in [1.165, 1.54) is 5.56 Å². The molecule has 0 saturated carbocycles. The Balaban J connectivity index is 1.27. The Morgan fingerprint density at radius 2 is 2.10 bits per heavy atom. The third-order valence-electron chi connectivity index (χ3n) is 5.14. The number of rotatable bonds is 6. The summed E-state index contributed by atoms with van der Waals surface area (Å²) in [5.74, 6) is 0. The number of hydrogen-bond acceptors (Lipinski definition) is 5. The van der Waals surface area contributed by atoms with Crippen molar-refractivity contribution in [1.29, 1.82) is 0 Å². The summed E-state index contributed by atoms with van der Waals surface area (Å²) in [6.45, 7) is 7.82. The highest BCUT2D eigenvalue weighted by atomic mass is 16.5. The van der Waals surface area contributed by atoms with Crippen LogP contribution in [0, 0.1) is 0 Å². The van der Waals surface area contributed by atoms with Crippen LogP contribution in [-0.2, 0) is 11.3 Å². The molecule has 0 spiro atoms. The van der Waals surface area contributed by atoms with E-state index in [1.807, 2.05) is 16.8 Å². The van der Waals surface area contributed by atoms with Crippen LogP contribution in [0.15, 0.2) is 48.8 Å². The molecule has 8 heteroatoms. The maximum atomic E-state index is 12.3. The van der Waals surface area contributed by atoms with E-state index in [9.17, 15) is 4.79 Å². The minimum Gasteiger partial charge on any atom is -0.374 e. The number of aromatic nitrogens is 3. The number of nitrogens with zero attached hydrogens (tertiary/aromatic N) is 4. The van der Waals surface area contributed by atoms with Crippen LogP contribution in [0.2, 0.25) is 0 Å². The maximum Gasteiger partial charge on any atom is 0.319 e. The summed E-state index contributed by atoms with van der Waals surface area (Å²) in [5.41, 5.74) is 2.73.